The molecule has 1 saturated heterocycles. The number of ether oxygens (including phenoxy) is 1. The Morgan fingerprint density at radius 1 is 1.17 bits per heavy atom. The monoisotopic (exact) mass is 433 g/mol. The minimum absolute atomic E-state index is 0.207. The molecule has 1 aromatic carbocycles. The summed E-state index contributed by atoms with van der Waals surface area (Å²) in [5.74, 6) is 0. The molecule has 8 heteroatoms. The van der Waals surface area contributed by atoms with Gasteiger partial charge in [-0.3, -0.25) is 0 Å². The predicted molar refractivity (Wildman–Crippen MR) is 118 cm³/mol. The Kier molecular flexibility index (Phi) is 6.74. The summed E-state index contributed by atoms with van der Waals surface area (Å²) in [6, 6.07) is 11.5. The minimum atomic E-state index is -0.592. The highest BCUT2D eigenvalue weighted by Crippen LogP contribution is 2.39. The summed E-state index contributed by atoms with van der Waals surface area (Å²) in [6.45, 7) is 8.39. The Labute approximate surface area is 181 Å². The van der Waals surface area contributed by atoms with E-state index in [1.165, 1.54) is 11.3 Å². The van der Waals surface area contributed by atoms with Crippen molar-refractivity contribution in [2.75, 3.05) is 6.54 Å². The highest BCUT2D eigenvalue weighted by molar-refractivity contribution is 7.14. The molecule has 0 bridgehead atoms. The number of alkyl carbamates (subject to hydrolysis) is 1. The van der Waals surface area contributed by atoms with Crippen molar-refractivity contribution in [3.8, 4) is 0 Å². The quantitative estimate of drug-likeness (QED) is 0.624. The van der Waals surface area contributed by atoms with Crippen LogP contribution in [0, 0.1) is 0 Å². The number of halogens is 1. The highest BCUT2D eigenvalue weighted by Gasteiger charge is 2.52. The fourth-order valence-electron chi connectivity index (χ4n) is 2.75. The van der Waals surface area contributed by atoms with Crippen LogP contribution in [0.1, 0.15) is 38.8 Å². The van der Waals surface area contributed by atoms with Crippen LogP contribution in [0.2, 0.25) is 4.34 Å². The molecule has 1 aromatic heterocycles. The lowest BCUT2D eigenvalue weighted by molar-refractivity contribution is 0.00578. The molecule has 0 aliphatic carbocycles. The molecule has 29 heavy (non-hydrogen) atoms. The first-order valence-electron chi connectivity index (χ1n) is 9.41. The second-order valence-electron chi connectivity index (χ2n) is 7.87. The van der Waals surface area contributed by atoms with E-state index in [1.54, 1.807) is 0 Å². The number of hydrogen-bond acceptors (Lipinski definition) is 5. The lowest BCUT2D eigenvalue weighted by Crippen LogP contribution is -2.41. The first-order chi connectivity index (χ1) is 13.7. The SMILES string of the molecule is CC1(C)OB(C(=Cc2ccsc2Cl)CNC(=O)OCc2ccccc2)OC1(C)C. The van der Waals surface area contributed by atoms with Crippen molar-refractivity contribution in [2.45, 2.75) is 45.5 Å². The van der Waals surface area contributed by atoms with Crippen molar-refractivity contribution in [2.24, 2.45) is 0 Å². The van der Waals surface area contributed by atoms with Gasteiger partial charge in [-0.05, 0) is 50.2 Å². The normalized spacial score (nSPS) is 18.0. The van der Waals surface area contributed by atoms with Gasteiger partial charge in [0, 0.05) is 12.1 Å². The Hall–Kier alpha value is -1.80. The number of amides is 1. The van der Waals surface area contributed by atoms with E-state index in [4.69, 9.17) is 25.6 Å². The maximum absolute atomic E-state index is 12.2. The molecular formula is C21H25BClNO4S. The van der Waals surface area contributed by atoms with E-state index in [-0.39, 0.29) is 13.2 Å². The van der Waals surface area contributed by atoms with Gasteiger partial charge in [-0.15, -0.1) is 11.3 Å². The molecule has 1 aliphatic rings. The van der Waals surface area contributed by atoms with Gasteiger partial charge in [0.15, 0.2) is 0 Å². The average molecular weight is 434 g/mol. The van der Waals surface area contributed by atoms with E-state index in [9.17, 15) is 4.79 Å². The van der Waals surface area contributed by atoms with Crippen molar-refractivity contribution in [3.63, 3.8) is 0 Å². The molecule has 0 atom stereocenters. The van der Waals surface area contributed by atoms with Crippen molar-refractivity contribution in [3.05, 3.63) is 62.7 Å². The van der Waals surface area contributed by atoms with Crippen LogP contribution in [0.25, 0.3) is 6.08 Å². The number of nitrogens with one attached hydrogen (secondary N) is 1. The van der Waals surface area contributed by atoms with Gasteiger partial charge < -0.3 is 19.4 Å². The van der Waals surface area contributed by atoms with Gasteiger partial charge in [0.05, 0.1) is 11.2 Å². The van der Waals surface area contributed by atoms with E-state index >= 15 is 0 Å². The molecule has 3 rings (SSSR count). The van der Waals surface area contributed by atoms with E-state index in [2.05, 4.69) is 5.32 Å². The zero-order valence-corrected chi connectivity index (χ0v) is 18.6. The Morgan fingerprint density at radius 3 is 2.41 bits per heavy atom. The van der Waals surface area contributed by atoms with E-state index in [0.29, 0.717) is 4.34 Å². The van der Waals surface area contributed by atoms with E-state index < -0.39 is 24.4 Å². The van der Waals surface area contributed by atoms with Crippen molar-refractivity contribution in [1.82, 2.24) is 5.32 Å². The van der Waals surface area contributed by atoms with Gasteiger partial charge in [0.25, 0.3) is 0 Å². The Morgan fingerprint density at radius 2 is 1.83 bits per heavy atom. The molecule has 1 fully saturated rings. The third kappa shape index (κ3) is 5.42. The standard InChI is InChI=1S/C21H25BClNO4S/c1-20(2)21(3,4)28-22(27-20)17(12-16-10-11-29-18(16)23)13-24-19(25)26-14-15-8-6-5-7-9-15/h5-12H,13-14H2,1-4H3,(H,24,25). The highest BCUT2D eigenvalue weighted by atomic mass is 35.5. The molecule has 0 radical (unpaired) electrons. The molecule has 2 heterocycles. The lowest BCUT2D eigenvalue weighted by atomic mass is 9.77. The topological polar surface area (TPSA) is 56.8 Å². The zero-order chi connectivity index (χ0) is 21.1. The Balaban J connectivity index is 1.68. The van der Waals surface area contributed by atoms with Gasteiger partial charge in [-0.1, -0.05) is 48.0 Å². The summed E-state index contributed by atoms with van der Waals surface area (Å²) >= 11 is 7.71. The van der Waals surface area contributed by atoms with Crippen LogP contribution in [-0.4, -0.2) is 31.0 Å². The van der Waals surface area contributed by atoms with Crippen LogP contribution in [0.3, 0.4) is 0 Å². The maximum Gasteiger partial charge on any atom is 0.492 e. The van der Waals surface area contributed by atoms with Crippen LogP contribution in [0.4, 0.5) is 4.79 Å². The first-order valence-corrected chi connectivity index (χ1v) is 10.7. The summed E-state index contributed by atoms with van der Waals surface area (Å²) in [5.41, 5.74) is 1.59. The third-order valence-corrected chi connectivity index (χ3v) is 6.39. The van der Waals surface area contributed by atoms with Gasteiger partial charge in [-0.2, -0.15) is 0 Å². The maximum atomic E-state index is 12.2. The summed E-state index contributed by atoms with van der Waals surface area (Å²) in [5, 5.41) is 4.70. The Bertz CT molecular complexity index is 866. The summed E-state index contributed by atoms with van der Waals surface area (Å²) in [4.78, 5) is 12.2. The van der Waals surface area contributed by atoms with Gasteiger partial charge >= 0.3 is 13.2 Å². The van der Waals surface area contributed by atoms with Crippen LogP contribution in [-0.2, 0) is 20.7 Å². The summed E-state index contributed by atoms with van der Waals surface area (Å²) in [7, 11) is -0.592. The van der Waals surface area contributed by atoms with Gasteiger partial charge in [0.1, 0.15) is 10.9 Å². The van der Waals surface area contributed by atoms with Crippen LogP contribution in [0.15, 0.2) is 47.3 Å². The fraction of sp³-hybridized carbons (Fsp3) is 0.381. The molecule has 0 saturated carbocycles. The van der Waals surface area contributed by atoms with Crippen LogP contribution >= 0.6 is 22.9 Å². The fourth-order valence-corrected chi connectivity index (χ4v) is 3.62. The number of thiophene rings is 1. The first kappa shape index (κ1) is 21.9. The number of carbonyl (C=O) groups is 1. The number of rotatable bonds is 6. The van der Waals surface area contributed by atoms with Crippen LogP contribution in [0.5, 0.6) is 0 Å². The van der Waals surface area contributed by atoms with Crippen molar-refractivity contribution in [1.29, 1.82) is 0 Å². The van der Waals surface area contributed by atoms with Crippen molar-refractivity contribution < 1.29 is 18.8 Å². The van der Waals surface area contributed by atoms with E-state index in [1.807, 2.05) is 75.5 Å². The average Bonchev–Trinajstić information content (AvgIpc) is 3.16. The molecule has 0 unspecified atom stereocenters. The molecule has 1 N–H and O–H groups in total. The molecule has 5 nitrogen and oxygen atoms in total. The number of benzene rings is 1. The number of carbonyl (C=O) groups excluding carboxylic acids is 1. The molecule has 0 spiro atoms. The molecule has 1 amide bonds. The molecule has 1 aliphatic heterocycles. The van der Waals surface area contributed by atoms with Crippen molar-refractivity contribution >= 4 is 42.2 Å². The summed E-state index contributed by atoms with van der Waals surface area (Å²) < 4.78 is 18.3. The largest absolute Gasteiger partial charge is 0.492 e. The third-order valence-electron chi connectivity index (χ3n) is 5.19. The second-order valence-corrected chi connectivity index (χ2v) is 9.39. The lowest BCUT2D eigenvalue weighted by Gasteiger charge is -2.32. The van der Waals surface area contributed by atoms with E-state index in [0.717, 1.165) is 16.6 Å². The molecular weight excluding hydrogens is 409 g/mol. The van der Waals surface area contributed by atoms with Gasteiger partial charge in [-0.25, -0.2) is 4.79 Å². The molecule has 2 aromatic rings. The second kappa shape index (κ2) is 8.92. The van der Waals surface area contributed by atoms with Crippen LogP contribution < -0.4 is 5.32 Å². The van der Waals surface area contributed by atoms with Gasteiger partial charge in [0.2, 0.25) is 0 Å². The minimum Gasteiger partial charge on any atom is -0.445 e. The smallest absolute Gasteiger partial charge is 0.445 e. The summed E-state index contributed by atoms with van der Waals surface area (Å²) in [6.07, 6.45) is 1.39. The predicted octanol–water partition coefficient (Wildman–Crippen LogP) is 5.34. The number of hydrogen-bond donors (Lipinski definition) is 1. The molecule has 154 valence electrons. The zero-order valence-electron chi connectivity index (χ0n) is 17.0.